The zero-order valence-corrected chi connectivity index (χ0v) is 13.9. The first-order valence-corrected chi connectivity index (χ1v) is 7.91. The van der Waals surface area contributed by atoms with Crippen molar-refractivity contribution in [3.63, 3.8) is 0 Å². The molecule has 1 atom stereocenters. The molecule has 1 N–H and O–H groups in total. The van der Waals surface area contributed by atoms with Crippen molar-refractivity contribution in [2.45, 2.75) is 59.5 Å². The van der Waals surface area contributed by atoms with E-state index in [1.165, 1.54) is 37.3 Å². The summed E-state index contributed by atoms with van der Waals surface area (Å²) in [7, 11) is 2.22. The second-order valence-corrected chi connectivity index (χ2v) is 6.66. The minimum atomic E-state index is 0.419. The average Bonchev–Trinajstić information content (AvgIpc) is 2.67. The predicted molar refractivity (Wildman–Crippen MR) is 85.4 cm³/mol. The third kappa shape index (κ3) is 3.17. The van der Waals surface area contributed by atoms with Gasteiger partial charge in [-0.25, -0.2) is 0 Å². The Morgan fingerprint density at radius 1 is 1.15 bits per heavy atom. The van der Waals surface area contributed by atoms with Gasteiger partial charge in [0.2, 0.25) is 0 Å². The van der Waals surface area contributed by atoms with Crippen LogP contribution in [0, 0.1) is 19.8 Å². The summed E-state index contributed by atoms with van der Waals surface area (Å²) in [6.07, 6.45) is 2.59. The van der Waals surface area contributed by atoms with Crippen LogP contribution in [0.3, 0.4) is 0 Å². The van der Waals surface area contributed by atoms with Crippen molar-refractivity contribution in [1.29, 1.82) is 0 Å². The van der Waals surface area contributed by atoms with Crippen LogP contribution in [0.2, 0.25) is 0 Å². The Hall–Kier alpha value is -1.03. The maximum Gasteiger partial charge on any atom is 0.0828 e. The minimum absolute atomic E-state index is 0.419. The molecule has 0 aromatic carbocycles. The molecule has 1 aliphatic heterocycles. The van der Waals surface area contributed by atoms with Crippen LogP contribution in [0.5, 0.6) is 0 Å². The van der Waals surface area contributed by atoms with Gasteiger partial charge in [0.1, 0.15) is 0 Å². The fraction of sp³-hybridized carbons (Fsp3) is 0.812. The number of anilines is 1. The van der Waals surface area contributed by atoms with Gasteiger partial charge in [0.05, 0.1) is 17.1 Å². The highest BCUT2D eigenvalue weighted by molar-refractivity contribution is 5.52. The van der Waals surface area contributed by atoms with Crippen molar-refractivity contribution in [3.8, 4) is 0 Å². The predicted octanol–water partition coefficient (Wildman–Crippen LogP) is 3.22. The minimum Gasteiger partial charge on any atom is -0.379 e. The maximum absolute atomic E-state index is 4.67. The lowest BCUT2D eigenvalue weighted by molar-refractivity contribution is 0.208. The molecule has 2 heterocycles. The molecule has 0 radical (unpaired) electrons. The highest BCUT2D eigenvalue weighted by atomic mass is 15.3. The van der Waals surface area contributed by atoms with E-state index in [2.05, 4.69) is 61.7 Å². The number of rotatable bonds is 4. The van der Waals surface area contributed by atoms with Crippen LogP contribution in [0.1, 0.15) is 51.0 Å². The fourth-order valence-corrected chi connectivity index (χ4v) is 3.25. The fourth-order valence-electron chi connectivity index (χ4n) is 3.25. The van der Waals surface area contributed by atoms with Crippen LogP contribution in [-0.2, 0) is 0 Å². The largest absolute Gasteiger partial charge is 0.379 e. The Labute approximate surface area is 123 Å². The number of hydrogen-bond donors (Lipinski definition) is 1. The molecular formula is C16H30N4. The van der Waals surface area contributed by atoms with E-state index < -0.39 is 0 Å². The molecule has 1 fully saturated rings. The number of aromatic nitrogens is 2. The van der Waals surface area contributed by atoms with Gasteiger partial charge in [-0.2, -0.15) is 5.10 Å². The molecule has 0 saturated carbocycles. The smallest absolute Gasteiger partial charge is 0.0828 e. The van der Waals surface area contributed by atoms with E-state index in [1.54, 1.807) is 0 Å². The highest BCUT2D eigenvalue weighted by Gasteiger charge is 2.24. The summed E-state index contributed by atoms with van der Waals surface area (Å²) >= 11 is 0. The number of piperidine rings is 1. The molecule has 4 heteroatoms. The standard InChI is InChI=1S/C16H30N4/c1-11(2)20-14(5)16(13(4)18-20)17-12(3)15-7-9-19(6)10-8-15/h11-12,15,17H,7-10H2,1-6H3. The average molecular weight is 278 g/mol. The molecule has 2 rings (SSSR count). The van der Waals surface area contributed by atoms with Crippen LogP contribution in [0.15, 0.2) is 0 Å². The van der Waals surface area contributed by atoms with Crippen molar-refractivity contribution < 1.29 is 0 Å². The third-order valence-electron chi connectivity index (χ3n) is 4.66. The lowest BCUT2D eigenvalue weighted by atomic mass is 9.90. The number of hydrogen-bond acceptors (Lipinski definition) is 3. The monoisotopic (exact) mass is 278 g/mol. The molecule has 1 aromatic heterocycles. The summed E-state index contributed by atoms with van der Waals surface area (Å²) in [6.45, 7) is 13.4. The van der Waals surface area contributed by atoms with Crippen LogP contribution in [-0.4, -0.2) is 40.9 Å². The first kappa shape index (κ1) is 15.4. The van der Waals surface area contributed by atoms with Gasteiger partial charge < -0.3 is 10.2 Å². The van der Waals surface area contributed by atoms with Gasteiger partial charge in [-0.1, -0.05) is 0 Å². The van der Waals surface area contributed by atoms with Gasteiger partial charge in [0.25, 0.3) is 0 Å². The van der Waals surface area contributed by atoms with Crippen molar-refractivity contribution in [1.82, 2.24) is 14.7 Å². The molecule has 0 bridgehead atoms. The summed E-state index contributed by atoms with van der Waals surface area (Å²) in [5.41, 5.74) is 3.62. The van der Waals surface area contributed by atoms with E-state index in [9.17, 15) is 0 Å². The summed E-state index contributed by atoms with van der Waals surface area (Å²) in [5, 5.41) is 8.40. The van der Waals surface area contributed by atoms with E-state index in [0.29, 0.717) is 12.1 Å². The van der Waals surface area contributed by atoms with E-state index >= 15 is 0 Å². The van der Waals surface area contributed by atoms with Gasteiger partial charge in [-0.05, 0) is 73.5 Å². The molecule has 1 unspecified atom stereocenters. The normalized spacial score (nSPS) is 19.6. The summed E-state index contributed by atoms with van der Waals surface area (Å²) in [4.78, 5) is 2.43. The molecule has 20 heavy (non-hydrogen) atoms. The molecule has 4 nitrogen and oxygen atoms in total. The van der Waals surface area contributed by atoms with Crippen molar-refractivity contribution >= 4 is 5.69 Å². The Bertz CT molecular complexity index is 442. The zero-order valence-electron chi connectivity index (χ0n) is 13.9. The molecule has 1 saturated heterocycles. The quantitative estimate of drug-likeness (QED) is 0.918. The lowest BCUT2D eigenvalue weighted by Crippen LogP contribution is -2.37. The number of aryl methyl sites for hydroxylation is 1. The Morgan fingerprint density at radius 2 is 1.75 bits per heavy atom. The first-order chi connectivity index (χ1) is 9.40. The second-order valence-electron chi connectivity index (χ2n) is 6.66. The summed E-state index contributed by atoms with van der Waals surface area (Å²) in [5.74, 6) is 0.771. The van der Waals surface area contributed by atoms with Crippen LogP contribution >= 0.6 is 0 Å². The van der Waals surface area contributed by atoms with Crippen LogP contribution in [0.25, 0.3) is 0 Å². The Kier molecular flexibility index (Phi) is 4.74. The summed E-state index contributed by atoms with van der Waals surface area (Å²) in [6, 6.07) is 0.939. The topological polar surface area (TPSA) is 33.1 Å². The third-order valence-corrected chi connectivity index (χ3v) is 4.66. The zero-order chi connectivity index (χ0) is 14.9. The van der Waals surface area contributed by atoms with E-state index in [0.717, 1.165) is 11.6 Å². The number of likely N-dealkylation sites (tertiary alicyclic amines) is 1. The van der Waals surface area contributed by atoms with Crippen molar-refractivity contribution in [3.05, 3.63) is 11.4 Å². The Balaban J connectivity index is 2.06. The van der Waals surface area contributed by atoms with E-state index in [4.69, 9.17) is 0 Å². The molecule has 1 aliphatic rings. The SMILES string of the molecule is Cc1nn(C(C)C)c(C)c1NC(C)C1CCN(C)CC1. The van der Waals surface area contributed by atoms with Crippen LogP contribution < -0.4 is 5.32 Å². The second kappa shape index (κ2) is 6.17. The molecule has 1 aromatic rings. The molecule has 114 valence electrons. The van der Waals surface area contributed by atoms with Crippen molar-refractivity contribution in [2.24, 2.45) is 5.92 Å². The van der Waals surface area contributed by atoms with Gasteiger partial charge in [-0.3, -0.25) is 4.68 Å². The summed E-state index contributed by atoms with van der Waals surface area (Å²) < 4.78 is 2.12. The molecule has 0 amide bonds. The lowest BCUT2D eigenvalue weighted by Gasteiger charge is -2.33. The molecular weight excluding hydrogens is 248 g/mol. The van der Waals surface area contributed by atoms with Gasteiger partial charge >= 0.3 is 0 Å². The van der Waals surface area contributed by atoms with Crippen molar-refractivity contribution in [2.75, 3.05) is 25.5 Å². The van der Waals surface area contributed by atoms with E-state index in [-0.39, 0.29) is 0 Å². The number of nitrogens with zero attached hydrogens (tertiary/aromatic N) is 3. The van der Waals surface area contributed by atoms with Crippen LogP contribution in [0.4, 0.5) is 5.69 Å². The van der Waals surface area contributed by atoms with E-state index in [1.807, 2.05) is 0 Å². The molecule has 0 aliphatic carbocycles. The van der Waals surface area contributed by atoms with Gasteiger partial charge in [0, 0.05) is 12.1 Å². The highest BCUT2D eigenvalue weighted by Crippen LogP contribution is 2.27. The van der Waals surface area contributed by atoms with Gasteiger partial charge in [-0.15, -0.1) is 0 Å². The number of nitrogens with one attached hydrogen (secondary N) is 1. The Morgan fingerprint density at radius 3 is 2.25 bits per heavy atom. The first-order valence-electron chi connectivity index (χ1n) is 7.91. The van der Waals surface area contributed by atoms with Gasteiger partial charge in [0.15, 0.2) is 0 Å². The maximum atomic E-state index is 4.67. The molecule has 0 spiro atoms.